The first-order chi connectivity index (χ1) is 8.60. The highest BCUT2D eigenvalue weighted by Crippen LogP contribution is 2.25. The standard InChI is InChI=1S/C14H20FNO2/c1-3-5-7-11-9-12(8-6-4-2)14(16(17)18)10-13(11)15/h9-10H,3-8H2,1-2H3. The Morgan fingerprint density at radius 2 is 1.67 bits per heavy atom. The normalized spacial score (nSPS) is 10.6. The molecule has 0 saturated carbocycles. The molecule has 0 heterocycles. The lowest BCUT2D eigenvalue weighted by Gasteiger charge is -2.07. The third-order valence-electron chi connectivity index (χ3n) is 3.04. The quantitative estimate of drug-likeness (QED) is 0.533. The van der Waals surface area contributed by atoms with Crippen LogP contribution in [-0.2, 0) is 12.8 Å². The molecule has 0 amide bonds. The molecule has 0 bridgehead atoms. The van der Waals surface area contributed by atoms with Gasteiger partial charge >= 0.3 is 0 Å². The van der Waals surface area contributed by atoms with E-state index in [2.05, 4.69) is 0 Å². The number of halogens is 1. The number of hydrogen-bond acceptors (Lipinski definition) is 2. The van der Waals surface area contributed by atoms with Crippen molar-refractivity contribution < 1.29 is 9.31 Å². The molecule has 0 unspecified atom stereocenters. The molecule has 4 heteroatoms. The van der Waals surface area contributed by atoms with Gasteiger partial charge in [-0.25, -0.2) is 4.39 Å². The van der Waals surface area contributed by atoms with Crippen LogP contribution >= 0.6 is 0 Å². The van der Waals surface area contributed by atoms with Crippen LogP contribution in [0.15, 0.2) is 12.1 Å². The third-order valence-corrected chi connectivity index (χ3v) is 3.04. The van der Waals surface area contributed by atoms with Gasteiger partial charge in [-0.3, -0.25) is 10.1 Å². The monoisotopic (exact) mass is 253 g/mol. The smallest absolute Gasteiger partial charge is 0.258 e. The third kappa shape index (κ3) is 3.79. The van der Waals surface area contributed by atoms with E-state index in [0.29, 0.717) is 24.0 Å². The van der Waals surface area contributed by atoms with Crippen molar-refractivity contribution >= 4 is 5.69 Å². The van der Waals surface area contributed by atoms with Crippen molar-refractivity contribution in [1.82, 2.24) is 0 Å². The number of benzene rings is 1. The number of nitrogens with zero attached hydrogens (tertiary/aromatic N) is 1. The summed E-state index contributed by atoms with van der Waals surface area (Å²) >= 11 is 0. The molecule has 3 nitrogen and oxygen atoms in total. The molecule has 100 valence electrons. The largest absolute Gasteiger partial charge is 0.275 e. The molecule has 0 aromatic heterocycles. The van der Waals surface area contributed by atoms with E-state index in [1.165, 1.54) is 0 Å². The zero-order valence-corrected chi connectivity index (χ0v) is 11.0. The van der Waals surface area contributed by atoms with Gasteiger partial charge in [-0.15, -0.1) is 0 Å². The fraction of sp³-hybridized carbons (Fsp3) is 0.571. The van der Waals surface area contributed by atoms with Gasteiger partial charge in [0.1, 0.15) is 5.82 Å². The van der Waals surface area contributed by atoms with E-state index >= 15 is 0 Å². The second-order valence-corrected chi connectivity index (χ2v) is 4.54. The Kier molecular flexibility index (Phi) is 5.75. The molecule has 0 aliphatic rings. The van der Waals surface area contributed by atoms with E-state index in [-0.39, 0.29) is 5.69 Å². The number of aryl methyl sites for hydroxylation is 2. The van der Waals surface area contributed by atoms with Crippen LogP contribution in [0, 0.1) is 15.9 Å². The molecular weight excluding hydrogens is 233 g/mol. The fourth-order valence-corrected chi connectivity index (χ4v) is 1.95. The summed E-state index contributed by atoms with van der Waals surface area (Å²) < 4.78 is 13.7. The van der Waals surface area contributed by atoms with Gasteiger partial charge in [0.25, 0.3) is 5.69 Å². The maximum Gasteiger partial charge on any atom is 0.275 e. The number of hydrogen-bond donors (Lipinski definition) is 0. The second-order valence-electron chi connectivity index (χ2n) is 4.54. The fourth-order valence-electron chi connectivity index (χ4n) is 1.95. The van der Waals surface area contributed by atoms with E-state index in [1.54, 1.807) is 6.07 Å². The maximum absolute atomic E-state index is 13.7. The summed E-state index contributed by atoms with van der Waals surface area (Å²) in [7, 11) is 0. The molecule has 0 aliphatic carbocycles. The van der Waals surface area contributed by atoms with Crippen molar-refractivity contribution in [3.8, 4) is 0 Å². The molecule has 18 heavy (non-hydrogen) atoms. The summed E-state index contributed by atoms with van der Waals surface area (Å²) in [4.78, 5) is 10.4. The lowest BCUT2D eigenvalue weighted by atomic mass is 10.00. The lowest BCUT2D eigenvalue weighted by Crippen LogP contribution is -2.01. The number of nitro benzene ring substituents is 1. The van der Waals surface area contributed by atoms with E-state index < -0.39 is 10.7 Å². The summed E-state index contributed by atoms with van der Waals surface area (Å²) in [5.74, 6) is -0.449. The first-order valence-electron chi connectivity index (χ1n) is 6.55. The van der Waals surface area contributed by atoms with Crippen LogP contribution in [0.1, 0.15) is 50.7 Å². The molecule has 1 aromatic rings. The van der Waals surface area contributed by atoms with E-state index in [9.17, 15) is 14.5 Å². The summed E-state index contributed by atoms with van der Waals surface area (Å²) in [6.45, 7) is 4.08. The second kappa shape index (κ2) is 7.09. The van der Waals surface area contributed by atoms with Crippen LogP contribution in [0.25, 0.3) is 0 Å². The molecule has 0 radical (unpaired) electrons. The summed E-state index contributed by atoms with van der Waals surface area (Å²) in [6, 6.07) is 2.76. The van der Waals surface area contributed by atoms with E-state index in [1.807, 2.05) is 13.8 Å². The van der Waals surface area contributed by atoms with Gasteiger partial charge in [-0.2, -0.15) is 0 Å². The molecule has 0 atom stereocenters. The molecule has 0 aliphatic heterocycles. The van der Waals surface area contributed by atoms with Crippen molar-refractivity contribution in [2.45, 2.75) is 52.4 Å². The highest BCUT2D eigenvalue weighted by molar-refractivity contribution is 5.44. The Labute approximate surface area is 107 Å². The minimum Gasteiger partial charge on any atom is -0.258 e. The summed E-state index contributed by atoms with van der Waals surface area (Å²) in [5.41, 5.74) is 1.18. The van der Waals surface area contributed by atoms with Gasteiger partial charge in [-0.1, -0.05) is 26.7 Å². The minimum atomic E-state index is -0.488. The van der Waals surface area contributed by atoms with Crippen LogP contribution < -0.4 is 0 Å². The number of unbranched alkanes of at least 4 members (excludes halogenated alkanes) is 2. The van der Waals surface area contributed by atoms with Crippen molar-refractivity contribution in [2.24, 2.45) is 0 Å². The van der Waals surface area contributed by atoms with Crippen LogP contribution in [0.3, 0.4) is 0 Å². The predicted octanol–water partition coefficient (Wildman–Crippen LogP) is 4.42. The Morgan fingerprint density at radius 3 is 2.17 bits per heavy atom. The summed E-state index contributed by atoms with van der Waals surface area (Å²) in [5, 5.41) is 10.9. The molecule has 1 aromatic carbocycles. The zero-order valence-electron chi connectivity index (χ0n) is 11.0. The minimum absolute atomic E-state index is 0.0822. The van der Waals surface area contributed by atoms with Crippen LogP contribution in [-0.4, -0.2) is 4.92 Å². The maximum atomic E-state index is 13.7. The van der Waals surface area contributed by atoms with E-state index in [0.717, 1.165) is 31.7 Å². The highest BCUT2D eigenvalue weighted by Gasteiger charge is 2.17. The van der Waals surface area contributed by atoms with Crippen LogP contribution in [0.4, 0.5) is 10.1 Å². The van der Waals surface area contributed by atoms with Gasteiger partial charge in [0.05, 0.1) is 11.0 Å². The van der Waals surface area contributed by atoms with Crippen LogP contribution in [0.2, 0.25) is 0 Å². The van der Waals surface area contributed by atoms with Crippen molar-refractivity contribution in [1.29, 1.82) is 0 Å². The van der Waals surface area contributed by atoms with Gasteiger partial charge < -0.3 is 0 Å². The van der Waals surface area contributed by atoms with Crippen LogP contribution in [0.5, 0.6) is 0 Å². The Morgan fingerprint density at radius 1 is 1.11 bits per heavy atom. The highest BCUT2D eigenvalue weighted by atomic mass is 19.1. The molecule has 0 saturated heterocycles. The topological polar surface area (TPSA) is 43.1 Å². The first kappa shape index (κ1) is 14.6. The predicted molar refractivity (Wildman–Crippen MR) is 70.3 cm³/mol. The van der Waals surface area contributed by atoms with Crippen molar-refractivity contribution in [3.05, 3.63) is 39.2 Å². The molecule has 1 rings (SSSR count). The number of rotatable bonds is 7. The number of nitro groups is 1. The SMILES string of the molecule is CCCCc1cc(CCCC)c([N+](=O)[O-])cc1F. The molecular formula is C14H20FNO2. The van der Waals surface area contributed by atoms with Gasteiger partial charge in [-0.05, 0) is 37.3 Å². The lowest BCUT2D eigenvalue weighted by molar-refractivity contribution is -0.385. The summed E-state index contributed by atoms with van der Waals surface area (Å²) in [6.07, 6.45) is 5.05. The molecule has 0 N–H and O–H groups in total. The Balaban J connectivity index is 3.05. The Bertz CT molecular complexity index is 419. The average Bonchev–Trinajstić information content (AvgIpc) is 2.35. The van der Waals surface area contributed by atoms with Crippen molar-refractivity contribution in [3.63, 3.8) is 0 Å². The average molecular weight is 253 g/mol. The van der Waals surface area contributed by atoms with Crippen molar-refractivity contribution in [2.75, 3.05) is 0 Å². The molecule has 0 fully saturated rings. The van der Waals surface area contributed by atoms with Gasteiger partial charge in [0, 0.05) is 5.56 Å². The van der Waals surface area contributed by atoms with Gasteiger partial charge in [0.15, 0.2) is 0 Å². The first-order valence-corrected chi connectivity index (χ1v) is 6.55. The van der Waals surface area contributed by atoms with Gasteiger partial charge in [0.2, 0.25) is 0 Å². The molecule has 0 spiro atoms. The van der Waals surface area contributed by atoms with E-state index in [4.69, 9.17) is 0 Å². The Hall–Kier alpha value is -1.45. The zero-order chi connectivity index (χ0) is 13.5.